The van der Waals surface area contributed by atoms with E-state index >= 15 is 0 Å². The summed E-state index contributed by atoms with van der Waals surface area (Å²) in [6, 6.07) is 29.4. The second-order valence-corrected chi connectivity index (χ2v) is 11.5. The Hall–Kier alpha value is -4.26. The quantitative estimate of drug-likeness (QED) is 0.271. The van der Waals surface area contributed by atoms with Gasteiger partial charge in [0.25, 0.3) is 0 Å². The van der Waals surface area contributed by atoms with E-state index in [-0.39, 0.29) is 6.42 Å². The summed E-state index contributed by atoms with van der Waals surface area (Å²) in [5.74, 6) is -5.00. The molecule has 0 N–H and O–H groups in total. The molecule has 7 rings (SSSR count). The third-order valence-corrected chi connectivity index (χ3v) is 9.07. The molecule has 41 heavy (non-hydrogen) atoms. The summed E-state index contributed by atoms with van der Waals surface area (Å²) in [6.07, 6.45) is 0.0531. The fraction of sp³-hybridized carbons (Fsp3) is 0.152. The number of benzene rings is 4. The zero-order valence-electron chi connectivity index (χ0n) is 21.5. The normalized spacial score (nSPS) is 24.9. The van der Waals surface area contributed by atoms with E-state index in [9.17, 15) is 19.2 Å². The number of para-hydroxylation sites is 2. The molecule has 0 aromatic heterocycles. The Morgan fingerprint density at radius 1 is 0.610 bits per heavy atom. The molecule has 8 heteroatoms. The zero-order valence-corrected chi connectivity index (χ0v) is 23.0. The number of hydrogen-bond acceptors (Lipinski definition) is 4. The van der Waals surface area contributed by atoms with Gasteiger partial charge in [0.1, 0.15) is 0 Å². The maximum Gasteiger partial charge on any atom is 0.242 e. The second kappa shape index (κ2) is 9.40. The summed E-state index contributed by atoms with van der Waals surface area (Å²) >= 11 is 12.6. The fourth-order valence-electron chi connectivity index (χ4n) is 6.97. The van der Waals surface area contributed by atoms with Crippen LogP contribution in [0.5, 0.6) is 0 Å². The number of rotatable bonds is 4. The van der Waals surface area contributed by atoms with E-state index in [1.165, 1.54) is 9.80 Å². The highest BCUT2D eigenvalue weighted by molar-refractivity contribution is 6.33. The number of carbonyl (C=O) groups is 4. The number of anilines is 2. The Labute approximate surface area is 246 Å². The molecule has 0 spiro atoms. The van der Waals surface area contributed by atoms with E-state index in [4.69, 9.17) is 23.2 Å². The summed E-state index contributed by atoms with van der Waals surface area (Å²) in [5, 5.41) is 0.890. The summed E-state index contributed by atoms with van der Waals surface area (Å²) in [4.78, 5) is 60.3. The summed E-state index contributed by atoms with van der Waals surface area (Å²) in [5.41, 5.74) is 1.01. The molecule has 2 saturated heterocycles. The van der Waals surface area contributed by atoms with Gasteiger partial charge in [0, 0.05) is 10.0 Å². The van der Waals surface area contributed by atoms with Crippen molar-refractivity contribution in [1.29, 1.82) is 0 Å². The van der Waals surface area contributed by atoms with E-state index in [0.717, 1.165) is 5.56 Å². The largest absolute Gasteiger partial charge is 0.274 e. The Morgan fingerprint density at radius 2 is 1.20 bits per heavy atom. The maximum absolute atomic E-state index is 14.8. The van der Waals surface area contributed by atoms with E-state index in [1.807, 2.05) is 0 Å². The van der Waals surface area contributed by atoms with Gasteiger partial charge < -0.3 is 0 Å². The molecule has 4 aromatic carbocycles. The number of halogens is 2. The van der Waals surface area contributed by atoms with Crippen LogP contribution in [0.3, 0.4) is 0 Å². The predicted molar refractivity (Wildman–Crippen MR) is 156 cm³/mol. The molecule has 1 aliphatic carbocycles. The second-order valence-electron chi connectivity index (χ2n) is 10.7. The van der Waals surface area contributed by atoms with Gasteiger partial charge in [-0.2, -0.15) is 0 Å². The van der Waals surface area contributed by atoms with Crippen LogP contribution in [-0.4, -0.2) is 23.6 Å². The van der Waals surface area contributed by atoms with Gasteiger partial charge in [0.15, 0.2) is 0 Å². The van der Waals surface area contributed by atoms with Gasteiger partial charge in [-0.05, 0) is 71.6 Å². The molecular formula is C33H22Cl2N2O4. The van der Waals surface area contributed by atoms with E-state index in [1.54, 1.807) is 103 Å². The van der Waals surface area contributed by atoms with Crippen molar-refractivity contribution in [1.82, 2.24) is 0 Å². The van der Waals surface area contributed by atoms with Crippen LogP contribution in [-0.2, 0) is 25.6 Å². The number of carbonyl (C=O) groups excluding carboxylic acids is 4. The number of fused-ring (bicyclic) bond motifs is 6. The van der Waals surface area contributed by atoms with Gasteiger partial charge in [-0.1, -0.05) is 77.8 Å². The Balaban J connectivity index is 1.52. The lowest BCUT2D eigenvalue weighted by atomic mass is 9.54. The van der Waals surface area contributed by atoms with Crippen LogP contribution in [0.2, 0.25) is 10.0 Å². The monoisotopic (exact) mass is 580 g/mol. The SMILES string of the molecule is O=C1[C@@H]2[C@@H](C(=O)N1c1ccccc1)c1ccc(Cl)cc1[C@@H]1C(=O)N(c3ccccc3)C(=O)[C@]21Cc1ccc(Cl)cc1. The molecule has 0 saturated carbocycles. The van der Waals surface area contributed by atoms with E-state index in [2.05, 4.69) is 0 Å². The molecule has 2 fully saturated rings. The van der Waals surface area contributed by atoms with Crippen LogP contribution in [0.4, 0.5) is 11.4 Å². The molecule has 0 unspecified atom stereocenters. The van der Waals surface area contributed by atoms with Crippen LogP contribution < -0.4 is 9.80 Å². The lowest BCUT2D eigenvalue weighted by Gasteiger charge is -2.43. The van der Waals surface area contributed by atoms with Crippen molar-refractivity contribution < 1.29 is 19.2 Å². The van der Waals surface area contributed by atoms with Crippen LogP contribution >= 0.6 is 23.2 Å². The zero-order chi connectivity index (χ0) is 28.5. The molecule has 3 aliphatic rings. The van der Waals surface area contributed by atoms with Gasteiger partial charge in [-0.3, -0.25) is 19.2 Å². The minimum Gasteiger partial charge on any atom is -0.274 e. The predicted octanol–water partition coefficient (Wildman–Crippen LogP) is 6.17. The molecule has 4 aromatic rings. The first kappa shape index (κ1) is 25.7. The average Bonchev–Trinajstić information content (AvgIpc) is 3.37. The van der Waals surface area contributed by atoms with Crippen molar-refractivity contribution in [3.05, 3.63) is 130 Å². The van der Waals surface area contributed by atoms with Crippen LogP contribution in [0.1, 0.15) is 28.5 Å². The van der Waals surface area contributed by atoms with Crippen LogP contribution in [0.15, 0.2) is 103 Å². The standard InChI is InChI=1S/C33H22Cl2N2O4/c34-20-13-11-19(12-14-20)18-33-27(30(39)37(32(33)41)23-9-5-2-6-10-23)25-17-21(35)15-16-24(25)26-28(33)31(40)36(29(26)38)22-7-3-1-4-8-22/h1-17,26-28H,18H2/t26-,27+,28-,33-/m0/s1. The third kappa shape index (κ3) is 3.64. The molecule has 2 heterocycles. The maximum atomic E-state index is 14.8. The van der Waals surface area contributed by atoms with Crippen LogP contribution in [0.25, 0.3) is 0 Å². The van der Waals surface area contributed by atoms with Crippen molar-refractivity contribution in [2.24, 2.45) is 11.3 Å². The van der Waals surface area contributed by atoms with Crippen molar-refractivity contribution in [3.63, 3.8) is 0 Å². The average molecular weight is 581 g/mol. The highest BCUT2D eigenvalue weighted by atomic mass is 35.5. The molecule has 6 nitrogen and oxygen atoms in total. The van der Waals surface area contributed by atoms with Gasteiger partial charge in [-0.15, -0.1) is 0 Å². The van der Waals surface area contributed by atoms with Gasteiger partial charge >= 0.3 is 0 Å². The Kier molecular flexibility index (Phi) is 5.89. The van der Waals surface area contributed by atoms with Crippen molar-refractivity contribution in [3.8, 4) is 0 Å². The molecule has 4 atom stereocenters. The first-order valence-electron chi connectivity index (χ1n) is 13.2. The molecule has 0 radical (unpaired) electrons. The highest BCUT2D eigenvalue weighted by Crippen LogP contribution is 2.63. The lowest BCUT2D eigenvalue weighted by molar-refractivity contribution is -0.138. The van der Waals surface area contributed by atoms with E-state index < -0.39 is 46.8 Å². The minimum absolute atomic E-state index is 0.0531. The number of imide groups is 2. The molecular weight excluding hydrogens is 559 g/mol. The summed E-state index contributed by atoms with van der Waals surface area (Å²) in [7, 11) is 0. The molecule has 0 bridgehead atoms. The smallest absolute Gasteiger partial charge is 0.242 e. The summed E-state index contributed by atoms with van der Waals surface area (Å²) < 4.78 is 0. The fourth-order valence-corrected chi connectivity index (χ4v) is 7.27. The van der Waals surface area contributed by atoms with E-state index in [0.29, 0.717) is 32.5 Å². The first-order valence-corrected chi connectivity index (χ1v) is 14.0. The summed E-state index contributed by atoms with van der Waals surface area (Å²) in [6.45, 7) is 0. The Morgan fingerprint density at radius 3 is 1.83 bits per heavy atom. The highest BCUT2D eigenvalue weighted by Gasteiger charge is 2.73. The molecule has 202 valence electrons. The number of hydrogen-bond donors (Lipinski definition) is 0. The third-order valence-electron chi connectivity index (χ3n) is 8.58. The minimum atomic E-state index is -1.58. The first-order chi connectivity index (χ1) is 19.8. The van der Waals surface area contributed by atoms with Gasteiger partial charge in [-0.25, -0.2) is 9.80 Å². The van der Waals surface area contributed by atoms with Crippen molar-refractivity contribution in [2.45, 2.75) is 18.3 Å². The molecule has 2 aliphatic heterocycles. The van der Waals surface area contributed by atoms with Gasteiger partial charge in [0.05, 0.1) is 34.5 Å². The van der Waals surface area contributed by atoms with Gasteiger partial charge in [0.2, 0.25) is 23.6 Å². The van der Waals surface area contributed by atoms with Crippen molar-refractivity contribution in [2.75, 3.05) is 9.80 Å². The lowest BCUT2D eigenvalue weighted by Crippen LogP contribution is -2.51. The Bertz CT molecular complexity index is 1740. The van der Waals surface area contributed by atoms with Crippen molar-refractivity contribution >= 4 is 58.2 Å². The number of nitrogens with zero attached hydrogens (tertiary/aromatic N) is 2. The topological polar surface area (TPSA) is 74.8 Å². The van der Waals surface area contributed by atoms with Crippen LogP contribution in [0, 0.1) is 11.3 Å². The molecule has 4 amide bonds. The number of amides is 4.